The summed E-state index contributed by atoms with van der Waals surface area (Å²) in [7, 11) is 0. The number of anilines is 1. The Labute approximate surface area is 130 Å². The van der Waals surface area contributed by atoms with Gasteiger partial charge in [-0.05, 0) is 38.8 Å². The van der Waals surface area contributed by atoms with Gasteiger partial charge in [0.2, 0.25) is 0 Å². The molecule has 3 rings (SSSR count). The van der Waals surface area contributed by atoms with Crippen LogP contribution in [0.4, 0.5) is 5.69 Å². The Hall–Kier alpha value is -2.30. The number of hydrogen-bond acceptors (Lipinski definition) is 3. The van der Waals surface area contributed by atoms with Crippen molar-refractivity contribution >= 4 is 11.6 Å². The molecule has 0 aliphatic carbocycles. The number of para-hydroxylation sites is 1. The second-order valence-electron chi connectivity index (χ2n) is 5.86. The molecule has 1 fully saturated rings. The Morgan fingerprint density at radius 2 is 2.05 bits per heavy atom. The van der Waals surface area contributed by atoms with Crippen LogP contribution >= 0.6 is 0 Å². The first-order valence-corrected chi connectivity index (χ1v) is 7.81. The van der Waals surface area contributed by atoms with Gasteiger partial charge in [0.1, 0.15) is 5.82 Å². The molecule has 2 aromatic rings. The highest BCUT2D eigenvalue weighted by molar-refractivity contribution is 6.00. The van der Waals surface area contributed by atoms with Gasteiger partial charge < -0.3 is 15.2 Å². The lowest BCUT2D eigenvalue weighted by Crippen LogP contribution is -2.30. The number of rotatable bonds is 4. The molecule has 1 atom stereocenters. The largest absolute Gasteiger partial charge is 0.371 e. The van der Waals surface area contributed by atoms with E-state index in [-0.39, 0.29) is 11.9 Å². The third-order valence-electron chi connectivity index (χ3n) is 4.08. The topological polar surface area (TPSA) is 61.0 Å². The van der Waals surface area contributed by atoms with E-state index in [1.807, 2.05) is 38.1 Å². The minimum absolute atomic E-state index is 0.0518. The van der Waals surface area contributed by atoms with Crippen LogP contribution in [0.5, 0.6) is 0 Å². The van der Waals surface area contributed by atoms with Crippen LogP contribution in [0.2, 0.25) is 0 Å². The molecular formula is C17H22N4O. The number of nitrogens with one attached hydrogen (secondary N) is 2. The molecule has 1 aliphatic heterocycles. The van der Waals surface area contributed by atoms with Gasteiger partial charge in [-0.1, -0.05) is 12.1 Å². The Morgan fingerprint density at radius 1 is 1.32 bits per heavy atom. The highest BCUT2D eigenvalue weighted by Crippen LogP contribution is 2.25. The van der Waals surface area contributed by atoms with Crippen LogP contribution in [-0.2, 0) is 0 Å². The molecular weight excluding hydrogens is 276 g/mol. The van der Waals surface area contributed by atoms with Gasteiger partial charge in [0.05, 0.1) is 11.6 Å². The number of aryl methyl sites for hydroxylation is 1. The number of aromatic amines is 1. The molecule has 2 heterocycles. The van der Waals surface area contributed by atoms with Crippen molar-refractivity contribution in [1.29, 1.82) is 0 Å². The lowest BCUT2D eigenvalue weighted by molar-refractivity contribution is 0.0939. The van der Waals surface area contributed by atoms with E-state index in [9.17, 15) is 4.79 Å². The normalized spacial score (nSPS) is 15.8. The molecule has 0 saturated carbocycles. The van der Waals surface area contributed by atoms with Crippen LogP contribution < -0.4 is 10.2 Å². The van der Waals surface area contributed by atoms with Gasteiger partial charge in [-0.2, -0.15) is 0 Å². The second-order valence-corrected chi connectivity index (χ2v) is 5.86. The van der Waals surface area contributed by atoms with E-state index in [1.165, 1.54) is 12.8 Å². The summed E-state index contributed by atoms with van der Waals surface area (Å²) in [4.78, 5) is 22.4. The van der Waals surface area contributed by atoms with Crippen molar-refractivity contribution in [3.63, 3.8) is 0 Å². The van der Waals surface area contributed by atoms with Crippen molar-refractivity contribution in [2.45, 2.75) is 32.7 Å². The molecule has 1 aromatic heterocycles. The number of hydrogen-bond donors (Lipinski definition) is 2. The minimum Gasteiger partial charge on any atom is -0.371 e. The van der Waals surface area contributed by atoms with Gasteiger partial charge in [0, 0.05) is 30.7 Å². The number of benzene rings is 1. The molecule has 0 bridgehead atoms. The summed E-state index contributed by atoms with van der Waals surface area (Å²) >= 11 is 0. The smallest absolute Gasteiger partial charge is 0.253 e. The molecule has 1 saturated heterocycles. The summed E-state index contributed by atoms with van der Waals surface area (Å²) < 4.78 is 0. The van der Waals surface area contributed by atoms with Gasteiger partial charge in [-0.3, -0.25) is 4.79 Å². The number of aromatic nitrogens is 2. The second kappa shape index (κ2) is 6.22. The van der Waals surface area contributed by atoms with Gasteiger partial charge in [-0.25, -0.2) is 4.98 Å². The number of nitrogens with zero attached hydrogens (tertiary/aromatic N) is 2. The Balaban J connectivity index is 1.77. The third-order valence-corrected chi connectivity index (χ3v) is 4.08. The highest BCUT2D eigenvalue weighted by Gasteiger charge is 2.20. The van der Waals surface area contributed by atoms with Crippen molar-refractivity contribution in [3.05, 3.63) is 47.5 Å². The zero-order valence-corrected chi connectivity index (χ0v) is 13.1. The molecule has 0 unspecified atom stereocenters. The van der Waals surface area contributed by atoms with Crippen LogP contribution in [-0.4, -0.2) is 29.0 Å². The molecule has 0 spiro atoms. The molecule has 0 radical (unpaired) electrons. The molecule has 22 heavy (non-hydrogen) atoms. The summed E-state index contributed by atoms with van der Waals surface area (Å²) in [5.74, 6) is 0.730. The monoisotopic (exact) mass is 298 g/mol. The van der Waals surface area contributed by atoms with Gasteiger partial charge >= 0.3 is 0 Å². The molecule has 2 N–H and O–H groups in total. The fourth-order valence-corrected chi connectivity index (χ4v) is 2.90. The summed E-state index contributed by atoms with van der Waals surface area (Å²) in [5, 5.41) is 3.03. The first kappa shape index (κ1) is 14.6. The SMILES string of the molecule is Cc1cnc([C@H](C)NC(=O)c2ccccc2N2CCCC2)[nH]1. The van der Waals surface area contributed by atoms with Crippen LogP contribution in [0.25, 0.3) is 0 Å². The Morgan fingerprint density at radius 3 is 2.73 bits per heavy atom. The first-order chi connectivity index (χ1) is 10.6. The lowest BCUT2D eigenvalue weighted by Gasteiger charge is -2.21. The van der Waals surface area contributed by atoms with E-state index >= 15 is 0 Å². The van der Waals surface area contributed by atoms with Gasteiger partial charge in [0.15, 0.2) is 0 Å². The van der Waals surface area contributed by atoms with E-state index in [4.69, 9.17) is 0 Å². The molecule has 5 nitrogen and oxygen atoms in total. The quantitative estimate of drug-likeness (QED) is 0.912. The minimum atomic E-state index is -0.146. The van der Waals surface area contributed by atoms with E-state index in [0.717, 1.165) is 35.9 Å². The maximum absolute atomic E-state index is 12.6. The predicted molar refractivity (Wildman–Crippen MR) is 87.1 cm³/mol. The molecule has 116 valence electrons. The highest BCUT2D eigenvalue weighted by atomic mass is 16.1. The van der Waals surface area contributed by atoms with E-state index in [1.54, 1.807) is 6.20 Å². The molecule has 5 heteroatoms. The maximum atomic E-state index is 12.6. The molecule has 1 amide bonds. The average Bonchev–Trinajstić information content (AvgIpc) is 3.18. The number of amides is 1. The van der Waals surface area contributed by atoms with Gasteiger partial charge in [-0.15, -0.1) is 0 Å². The van der Waals surface area contributed by atoms with E-state index in [2.05, 4.69) is 20.2 Å². The predicted octanol–water partition coefficient (Wildman–Crippen LogP) is 2.81. The third kappa shape index (κ3) is 2.98. The fraction of sp³-hybridized carbons (Fsp3) is 0.412. The van der Waals surface area contributed by atoms with Crippen molar-refractivity contribution < 1.29 is 4.79 Å². The van der Waals surface area contributed by atoms with Crippen LogP contribution in [0.15, 0.2) is 30.5 Å². The zero-order valence-electron chi connectivity index (χ0n) is 13.1. The van der Waals surface area contributed by atoms with Crippen LogP contribution in [0.3, 0.4) is 0 Å². The first-order valence-electron chi connectivity index (χ1n) is 7.81. The maximum Gasteiger partial charge on any atom is 0.253 e. The number of carbonyl (C=O) groups excluding carboxylic acids is 1. The fourth-order valence-electron chi connectivity index (χ4n) is 2.90. The van der Waals surface area contributed by atoms with E-state index in [0.29, 0.717) is 0 Å². The van der Waals surface area contributed by atoms with Gasteiger partial charge in [0.25, 0.3) is 5.91 Å². The molecule has 1 aromatic carbocycles. The van der Waals surface area contributed by atoms with Crippen molar-refractivity contribution in [2.75, 3.05) is 18.0 Å². The Bertz CT molecular complexity index is 658. The standard InChI is InChI=1S/C17H22N4O/c1-12-11-18-16(19-12)13(2)20-17(22)14-7-3-4-8-15(14)21-9-5-6-10-21/h3-4,7-8,11,13H,5-6,9-10H2,1-2H3,(H,18,19)(H,20,22)/t13-/m0/s1. The van der Waals surface area contributed by atoms with Crippen molar-refractivity contribution in [1.82, 2.24) is 15.3 Å². The Kier molecular flexibility index (Phi) is 4.13. The lowest BCUT2D eigenvalue weighted by atomic mass is 10.1. The summed E-state index contributed by atoms with van der Waals surface area (Å²) in [6, 6.07) is 7.68. The van der Waals surface area contributed by atoms with Crippen molar-refractivity contribution in [3.8, 4) is 0 Å². The summed E-state index contributed by atoms with van der Waals surface area (Å²) in [6.07, 6.45) is 4.16. The van der Waals surface area contributed by atoms with Crippen molar-refractivity contribution in [2.24, 2.45) is 0 Å². The molecule has 1 aliphatic rings. The number of imidazole rings is 1. The van der Waals surface area contributed by atoms with E-state index < -0.39 is 0 Å². The summed E-state index contributed by atoms with van der Waals surface area (Å²) in [5.41, 5.74) is 2.76. The zero-order chi connectivity index (χ0) is 15.5. The number of carbonyl (C=O) groups is 1. The average molecular weight is 298 g/mol. The van der Waals surface area contributed by atoms with Crippen LogP contribution in [0.1, 0.15) is 47.7 Å². The number of H-pyrrole nitrogens is 1. The van der Waals surface area contributed by atoms with Crippen LogP contribution in [0, 0.1) is 6.92 Å². The summed E-state index contributed by atoms with van der Waals surface area (Å²) in [6.45, 7) is 5.94.